The van der Waals surface area contributed by atoms with Gasteiger partial charge in [-0.05, 0) is 38.5 Å². The molecule has 1 aliphatic rings. The van der Waals surface area contributed by atoms with Crippen LogP contribution in [0.5, 0.6) is 0 Å². The zero-order valence-corrected chi connectivity index (χ0v) is 13.5. The smallest absolute Gasteiger partial charge is 0.319 e. The SMILES string of the molecule is [C-]#[N+]C1(c2ccc(-c3cnc(C)cc3C(C)(C)O)cn2)COC1. The highest BCUT2D eigenvalue weighted by Gasteiger charge is 2.49. The van der Waals surface area contributed by atoms with Gasteiger partial charge in [-0.3, -0.25) is 14.8 Å². The quantitative estimate of drug-likeness (QED) is 0.886. The molecule has 1 saturated heterocycles. The zero-order chi connectivity index (χ0) is 16.7. The number of hydrogen-bond acceptors (Lipinski definition) is 4. The van der Waals surface area contributed by atoms with Crippen LogP contribution in [0.25, 0.3) is 16.0 Å². The van der Waals surface area contributed by atoms with Crippen molar-refractivity contribution >= 4 is 0 Å². The third kappa shape index (κ3) is 2.72. The summed E-state index contributed by atoms with van der Waals surface area (Å²) in [5.41, 5.74) is 2.51. The predicted molar refractivity (Wildman–Crippen MR) is 86.5 cm³/mol. The Morgan fingerprint density at radius 2 is 2.00 bits per heavy atom. The molecule has 1 aliphatic heterocycles. The molecule has 0 saturated carbocycles. The number of ether oxygens (including phenoxy) is 1. The minimum atomic E-state index is -0.971. The minimum Gasteiger partial charge on any atom is -0.386 e. The van der Waals surface area contributed by atoms with Crippen molar-refractivity contribution in [2.45, 2.75) is 31.9 Å². The molecule has 3 heterocycles. The zero-order valence-electron chi connectivity index (χ0n) is 13.5. The molecule has 0 aliphatic carbocycles. The van der Waals surface area contributed by atoms with Gasteiger partial charge < -0.3 is 9.84 Å². The summed E-state index contributed by atoms with van der Waals surface area (Å²) in [5.74, 6) is 0. The lowest BCUT2D eigenvalue weighted by Crippen LogP contribution is -2.44. The predicted octanol–water partition coefficient (Wildman–Crippen LogP) is 2.82. The molecule has 2 aromatic heterocycles. The Kier molecular flexibility index (Phi) is 3.67. The molecule has 0 amide bonds. The highest BCUT2D eigenvalue weighted by Crippen LogP contribution is 2.35. The van der Waals surface area contributed by atoms with Gasteiger partial charge in [0.05, 0.1) is 5.60 Å². The van der Waals surface area contributed by atoms with Crippen molar-refractivity contribution in [3.8, 4) is 11.1 Å². The van der Waals surface area contributed by atoms with Gasteiger partial charge in [-0.2, -0.15) is 0 Å². The monoisotopic (exact) mass is 309 g/mol. The summed E-state index contributed by atoms with van der Waals surface area (Å²) < 4.78 is 5.18. The first-order valence-corrected chi connectivity index (χ1v) is 7.48. The summed E-state index contributed by atoms with van der Waals surface area (Å²) in [4.78, 5) is 12.5. The first-order valence-electron chi connectivity index (χ1n) is 7.48. The van der Waals surface area contributed by atoms with E-state index >= 15 is 0 Å². The van der Waals surface area contributed by atoms with E-state index in [2.05, 4.69) is 14.8 Å². The fourth-order valence-electron chi connectivity index (χ4n) is 2.69. The van der Waals surface area contributed by atoms with Crippen LogP contribution in [0.1, 0.15) is 30.8 Å². The third-order valence-corrected chi connectivity index (χ3v) is 4.15. The van der Waals surface area contributed by atoms with Crippen molar-refractivity contribution in [1.29, 1.82) is 0 Å². The largest absolute Gasteiger partial charge is 0.386 e. The van der Waals surface area contributed by atoms with Gasteiger partial charge in [0.2, 0.25) is 0 Å². The molecule has 5 nitrogen and oxygen atoms in total. The number of rotatable bonds is 3. The van der Waals surface area contributed by atoms with E-state index in [0.717, 1.165) is 28.1 Å². The molecule has 1 N–H and O–H groups in total. The third-order valence-electron chi connectivity index (χ3n) is 4.15. The highest BCUT2D eigenvalue weighted by atomic mass is 16.5. The second-order valence-electron chi connectivity index (χ2n) is 6.50. The highest BCUT2D eigenvalue weighted by molar-refractivity contribution is 5.67. The van der Waals surface area contributed by atoms with Gasteiger partial charge in [-0.1, -0.05) is 6.07 Å². The molecule has 3 rings (SSSR count). The molecule has 118 valence electrons. The van der Waals surface area contributed by atoms with Crippen LogP contribution in [0.4, 0.5) is 0 Å². The van der Waals surface area contributed by atoms with E-state index in [0.29, 0.717) is 13.2 Å². The van der Waals surface area contributed by atoms with E-state index in [9.17, 15) is 5.11 Å². The number of pyridine rings is 2. The normalized spacial score (nSPS) is 16.5. The Hall–Kier alpha value is -2.29. The summed E-state index contributed by atoms with van der Waals surface area (Å²) in [6, 6.07) is 5.68. The maximum atomic E-state index is 10.4. The van der Waals surface area contributed by atoms with E-state index in [1.54, 1.807) is 26.2 Å². The molecular formula is C18H19N3O2. The van der Waals surface area contributed by atoms with Gasteiger partial charge in [0.25, 0.3) is 0 Å². The Bertz CT molecular complexity index is 766. The van der Waals surface area contributed by atoms with E-state index in [1.165, 1.54) is 0 Å². The Morgan fingerprint density at radius 3 is 2.48 bits per heavy atom. The molecule has 23 heavy (non-hydrogen) atoms. The van der Waals surface area contributed by atoms with Crippen LogP contribution >= 0.6 is 0 Å². The van der Waals surface area contributed by atoms with Crippen molar-refractivity contribution in [3.05, 3.63) is 59.0 Å². The molecular weight excluding hydrogens is 290 g/mol. The van der Waals surface area contributed by atoms with Crippen molar-refractivity contribution in [2.75, 3.05) is 13.2 Å². The number of aliphatic hydroxyl groups is 1. The summed E-state index contributed by atoms with van der Waals surface area (Å²) in [6.07, 6.45) is 3.50. The summed E-state index contributed by atoms with van der Waals surface area (Å²) >= 11 is 0. The Morgan fingerprint density at radius 1 is 1.26 bits per heavy atom. The summed E-state index contributed by atoms with van der Waals surface area (Å²) in [7, 11) is 0. The second-order valence-corrected chi connectivity index (χ2v) is 6.50. The number of aromatic nitrogens is 2. The van der Waals surface area contributed by atoms with Gasteiger partial charge in [-0.15, -0.1) is 0 Å². The van der Waals surface area contributed by atoms with E-state index < -0.39 is 11.1 Å². The molecule has 0 bridgehead atoms. The Labute approximate surface area is 135 Å². The Balaban J connectivity index is 2.02. The molecule has 0 spiro atoms. The minimum absolute atomic E-state index is 0.393. The topological polar surface area (TPSA) is 59.6 Å². The first kappa shape index (κ1) is 15.6. The number of nitrogens with zero attached hydrogens (tertiary/aromatic N) is 3. The molecule has 5 heteroatoms. The lowest BCUT2D eigenvalue weighted by Gasteiger charge is -2.29. The van der Waals surface area contributed by atoms with Crippen LogP contribution in [-0.4, -0.2) is 28.3 Å². The fraction of sp³-hybridized carbons (Fsp3) is 0.389. The van der Waals surface area contributed by atoms with Crippen LogP contribution in [0.2, 0.25) is 0 Å². The first-order chi connectivity index (χ1) is 10.9. The van der Waals surface area contributed by atoms with E-state index in [-0.39, 0.29) is 0 Å². The van der Waals surface area contributed by atoms with Crippen LogP contribution in [0, 0.1) is 13.5 Å². The average Bonchev–Trinajstić information content (AvgIpc) is 2.47. The van der Waals surface area contributed by atoms with Crippen LogP contribution in [0.15, 0.2) is 30.6 Å². The van der Waals surface area contributed by atoms with Crippen molar-refractivity contribution in [1.82, 2.24) is 9.97 Å². The molecule has 0 atom stereocenters. The lowest BCUT2D eigenvalue weighted by atomic mass is 9.89. The van der Waals surface area contributed by atoms with Gasteiger partial charge in [-0.25, -0.2) is 6.57 Å². The van der Waals surface area contributed by atoms with Crippen molar-refractivity contribution in [3.63, 3.8) is 0 Å². The number of aryl methyl sites for hydroxylation is 1. The molecule has 0 aromatic carbocycles. The molecule has 0 radical (unpaired) electrons. The average molecular weight is 309 g/mol. The maximum Gasteiger partial charge on any atom is 0.319 e. The standard InChI is InChI=1S/C18H19N3O2/c1-12-7-15(17(2,3)22)14(9-20-12)13-5-6-16(21-8-13)18(19-4)10-23-11-18/h5-9,22H,10-11H2,1-3H3. The van der Waals surface area contributed by atoms with E-state index in [4.69, 9.17) is 11.3 Å². The van der Waals surface area contributed by atoms with Crippen molar-refractivity contribution < 1.29 is 9.84 Å². The van der Waals surface area contributed by atoms with Crippen LogP contribution in [-0.2, 0) is 15.9 Å². The van der Waals surface area contributed by atoms with Gasteiger partial charge in [0, 0.05) is 29.2 Å². The van der Waals surface area contributed by atoms with Gasteiger partial charge >= 0.3 is 5.54 Å². The van der Waals surface area contributed by atoms with Gasteiger partial charge in [0.1, 0.15) is 18.9 Å². The van der Waals surface area contributed by atoms with E-state index in [1.807, 2.05) is 25.1 Å². The summed E-state index contributed by atoms with van der Waals surface area (Å²) in [5, 5.41) is 10.4. The molecule has 2 aromatic rings. The van der Waals surface area contributed by atoms with Crippen LogP contribution < -0.4 is 0 Å². The maximum absolute atomic E-state index is 10.4. The fourth-order valence-corrected chi connectivity index (χ4v) is 2.69. The lowest BCUT2D eigenvalue weighted by molar-refractivity contribution is -0.0373. The van der Waals surface area contributed by atoms with Crippen LogP contribution in [0.3, 0.4) is 0 Å². The molecule has 1 fully saturated rings. The summed E-state index contributed by atoms with van der Waals surface area (Å²) in [6.45, 7) is 13.6. The molecule has 0 unspecified atom stereocenters. The van der Waals surface area contributed by atoms with Crippen molar-refractivity contribution in [2.24, 2.45) is 0 Å². The van der Waals surface area contributed by atoms with Gasteiger partial charge in [0.15, 0.2) is 0 Å². The second kappa shape index (κ2) is 5.41. The number of hydrogen-bond donors (Lipinski definition) is 1.